The van der Waals surface area contributed by atoms with Crippen molar-refractivity contribution in [1.82, 2.24) is 4.57 Å². The van der Waals surface area contributed by atoms with Crippen LogP contribution in [-0.4, -0.2) is 18.8 Å². The van der Waals surface area contributed by atoms with E-state index in [2.05, 4.69) is 246 Å². The lowest BCUT2D eigenvalue weighted by atomic mass is 9.55. The van der Waals surface area contributed by atoms with E-state index in [9.17, 15) is 0 Å². The first-order valence-corrected chi connectivity index (χ1v) is 31.2. The zero-order valence-electron chi connectivity index (χ0n) is 47.8. The van der Waals surface area contributed by atoms with Crippen LogP contribution in [0, 0.1) is 0 Å². The molecular formula is C83H53N2O2+. The predicted molar refractivity (Wildman–Crippen MR) is 341 cm³/mol. The van der Waals surface area contributed by atoms with Crippen molar-refractivity contribution in [1.29, 1.82) is 0 Å². The Labute approximate surface area is 503 Å². The number of nitrogens with zero attached hydrogens (tertiary/aromatic N) is 2. The molecule has 0 saturated carbocycles. The van der Waals surface area contributed by atoms with E-state index in [1.165, 1.54) is 178 Å². The summed E-state index contributed by atoms with van der Waals surface area (Å²) >= 11 is 0. The van der Waals surface area contributed by atoms with Crippen molar-refractivity contribution >= 4 is 10.8 Å². The van der Waals surface area contributed by atoms with Crippen LogP contribution in [0.3, 0.4) is 0 Å². The van der Waals surface area contributed by atoms with Crippen LogP contribution < -0.4 is 14.0 Å². The molecule has 13 aromatic rings. The van der Waals surface area contributed by atoms with Gasteiger partial charge in [-0.25, -0.2) is 0 Å². The first-order chi connectivity index (χ1) is 43.2. The van der Waals surface area contributed by atoms with Gasteiger partial charge in [-0.2, -0.15) is 9.13 Å². The summed E-state index contributed by atoms with van der Waals surface area (Å²) in [5.41, 5.74) is 40.5. The molecule has 0 spiro atoms. The Morgan fingerprint density at radius 2 is 0.552 bits per heavy atom. The molecule has 0 fully saturated rings. The third-order valence-electron chi connectivity index (χ3n) is 22.7. The van der Waals surface area contributed by atoms with Crippen LogP contribution in [0.15, 0.2) is 237 Å². The topological polar surface area (TPSA) is 27.3 Å². The average Bonchev–Trinajstić information content (AvgIpc) is 1.55. The Hall–Kier alpha value is -10.3. The molecule has 26 rings (SSSR count). The van der Waals surface area contributed by atoms with Gasteiger partial charge in [0.25, 0.3) is 6.33 Å². The minimum atomic E-state index is -0.0578. The molecule has 0 radical (unpaired) electrons. The molecular weight excluding hydrogens is 1060 g/mol. The third kappa shape index (κ3) is 5.18. The Balaban J connectivity index is 0.959. The number of hydrogen-bond acceptors (Lipinski definition) is 2. The van der Waals surface area contributed by atoms with E-state index in [0.717, 1.165) is 11.5 Å². The molecule has 0 saturated heterocycles. The van der Waals surface area contributed by atoms with Crippen LogP contribution >= 0.6 is 0 Å². The SMILES string of the molecule is COc1c2c(c(-n3c[n+](-c4c5c(c(OC)c6c4C4c7ccccc7C6c6ccccc64)C4c6ccccc6C5c5ccccc54)c4c3-c3cccc5cccc-4c35)c3c1C1c4ccccc4C3c3ccccc31)C1c3ccccc3C2c2ccccc21. The van der Waals surface area contributed by atoms with E-state index in [4.69, 9.17) is 9.47 Å². The van der Waals surface area contributed by atoms with Gasteiger partial charge in [0.1, 0.15) is 22.9 Å². The highest BCUT2D eigenvalue weighted by atomic mass is 16.5. The second-order valence-electron chi connectivity index (χ2n) is 25.8. The van der Waals surface area contributed by atoms with Crippen molar-refractivity contribution in [3.63, 3.8) is 0 Å². The molecule has 4 heteroatoms. The van der Waals surface area contributed by atoms with Gasteiger partial charge >= 0.3 is 0 Å². The number of benzene rings is 12. The van der Waals surface area contributed by atoms with Gasteiger partial charge in [0.2, 0.25) is 0 Å². The molecule has 0 aliphatic heterocycles. The number of methoxy groups -OCH3 is 2. The van der Waals surface area contributed by atoms with E-state index in [0.29, 0.717) is 0 Å². The molecule has 0 atom stereocenters. The maximum absolute atomic E-state index is 7.22. The summed E-state index contributed by atoms with van der Waals surface area (Å²) in [6.45, 7) is 0. The highest BCUT2D eigenvalue weighted by molar-refractivity contribution is 6.13. The minimum absolute atomic E-state index is 0.0364. The van der Waals surface area contributed by atoms with Gasteiger partial charge in [-0.3, -0.25) is 0 Å². The summed E-state index contributed by atoms with van der Waals surface area (Å²) < 4.78 is 20.0. The Morgan fingerprint density at radius 1 is 0.287 bits per heavy atom. The lowest BCUT2D eigenvalue weighted by Crippen LogP contribution is -2.42. The van der Waals surface area contributed by atoms with Crippen molar-refractivity contribution in [2.24, 2.45) is 0 Å². The van der Waals surface area contributed by atoms with Crippen LogP contribution in [0.2, 0.25) is 0 Å². The Bertz CT molecular complexity index is 4630. The Morgan fingerprint density at radius 3 is 0.851 bits per heavy atom. The monoisotopic (exact) mass is 1110 g/mol. The molecule has 13 aliphatic rings. The van der Waals surface area contributed by atoms with Crippen LogP contribution in [-0.2, 0) is 0 Å². The maximum atomic E-state index is 7.22. The number of imidazole rings is 1. The Kier molecular flexibility index (Phi) is 8.45. The number of hydrogen-bond donors (Lipinski definition) is 0. The van der Waals surface area contributed by atoms with Gasteiger partial charge in [0.05, 0.1) is 14.2 Å². The summed E-state index contributed by atoms with van der Waals surface area (Å²) in [6.07, 6.45) is 2.62. The summed E-state index contributed by atoms with van der Waals surface area (Å²) in [5, 5.41) is 2.56. The zero-order chi connectivity index (χ0) is 56.4. The van der Waals surface area contributed by atoms with Crippen LogP contribution in [0.5, 0.6) is 11.5 Å². The third-order valence-corrected chi connectivity index (χ3v) is 22.7. The van der Waals surface area contributed by atoms with Crippen molar-refractivity contribution in [3.8, 4) is 45.4 Å². The molecule has 0 amide bonds. The van der Waals surface area contributed by atoms with Crippen LogP contribution in [0.25, 0.3) is 44.7 Å². The van der Waals surface area contributed by atoms with E-state index in [1.54, 1.807) is 0 Å². The zero-order valence-corrected chi connectivity index (χ0v) is 47.8. The highest BCUT2D eigenvalue weighted by Gasteiger charge is 2.57. The number of ether oxygens (including phenoxy) is 2. The number of aromatic nitrogens is 2. The standard InChI is InChI=1S/C83H53N2O2/c1-86-82-74-66-51-31-11-3-23-43(51)62(44-24-4-12-32-52(44)66)70(74)80(71-63-45-25-5-13-33-53(45)67(75(71)82)54-34-14-6-26-46(54)63)84-41-85(79-60-40-20-22-42-21-19-39-59(61(42)60)78(79)84)81-72-64-47-27-7-15-35-55(47)68(56-36-16-8-28-48(56)64)76(72)83(87-2)77-69-57-37-17-9-29-49(57)65(73(77)81)50-30-10-18-38-58(50)69/h3-41,62-69H,1-2H3/q+1. The van der Waals surface area contributed by atoms with Gasteiger partial charge in [-0.05, 0) is 107 Å². The molecule has 13 aliphatic carbocycles. The van der Waals surface area contributed by atoms with E-state index >= 15 is 0 Å². The summed E-state index contributed by atoms with van der Waals surface area (Å²) in [4.78, 5) is 0. The fourth-order valence-corrected chi connectivity index (χ4v) is 20.0. The molecule has 4 nitrogen and oxygen atoms in total. The van der Waals surface area contributed by atoms with Gasteiger partial charge in [-0.15, -0.1) is 0 Å². The maximum Gasteiger partial charge on any atom is 0.255 e. The quantitative estimate of drug-likeness (QED) is 0.164. The summed E-state index contributed by atoms with van der Waals surface area (Å²) in [7, 11) is 3.91. The lowest BCUT2D eigenvalue weighted by molar-refractivity contribution is -0.584. The number of rotatable bonds is 4. The molecule has 8 bridgehead atoms. The minimum Gasteiger partial charge on any atom is -0.496 e. The molecule has 12 aromatic carbocycles. The highest BCUT2D eigenvalue weighted by Crippen LogP contribution is 2.70. The van der Waals surface area contributed by atoms with Gasteiger partial charge < -0.3 is 9.47 Å². The smallest absolute Gasteiger partial charge is 0.255 e. The molecule has 406 valence electrons. The first-order valence-electron chi connectivity index (χ1n) is 31.2. The van der Waals surface area contributed by atoms with Gasteiger partial charge in [0, 0.05) is 108 Å². The molecule has 0 unspecified atom stereocenters. The van der Waals surface area contributed by atoms with E-state index < -0.39 is 0 Å². The van der Waals surface area contributed by atoms with Crippen molar-refractivity contribution in [3.05, 3.63) is 370 Å². The second kappa shape index (κ2) is 16.0. The fourth-order valence-electron chi connectivity index (χ4n) is 20.0. The summed E-state index contributed by atoms with van der Waals surface area (Å²) in [6, 6.07) is 89.0. The normalized spacial score (nSPS) is 21.2. The van der Waals surface area contributed by atoms with Crippen LogP contribution in [0.4, 0.5) is 0 Å². The van der Waals surface area contributed by atoms with Crippen molar-refractivity contribution in [2.75, 3.05) is 14.2 Å². The first kappa shape index (κ1) is 46.1. The fraction of sp³-hybridized carbons (Fsp3) is 0.120. The molecule has 1 aromatic heterocycles. The largest absolute Gasteiger partial charge is 0.496 e. The second-order valence-corrected chi connectivity index (χ2v) is 25.8. The predicted octanol–water partition coefficient (Wildman–Crippen LogP) is 17.5. The van der Waals surface area contributed by atoms with Gasteiger partial charge in [-0.1, -0.05) is 218 Å². The number of fused-ring (bicyclic) bond motifs is 3. The molecule has 1 heterocycles. The van der Waals surface area contributed by atoms with Crippen molar-refractivity contribution < 1.29 is 14.0 Å². The van der Waals surface area contributed by atoms with Crippen molar-refractivity contribution in [2.45, 2.75) is 47.3 Å². The van der Waals surface area contributed by atoms with Crippen LogP contribution in [0.1, 0.15) is 181 Å². The average molecular weight is 1110 g/mol. The molecule has 0 N–H and O–H groups in total. The summed E-state index contributed by atoms with van der Waals surface area (Å²) in [5.74, 6) is 1.71. The lowest BCUT2D eigenvalue weighted by Gasteiger charge is -2.48. The van der Waals surface area contributed by atoms with Gasteiger partial charge in [0.15, 0.2) is 11.4 Å². The van der Waals surface area contributed by atoms with E-state index in [1.807, 2.05) is 14.2 Å². The molecule has 87 heavy (non-hydrogen) atoms. The van der Waals surface area contributed by atoms with E-state index in [-0.39, 0.29) is 47.3 Å².